The van der Waals surface area contributed by atoms with E-state index in [2.05, 4.69) is 28.4 Å². The van der Waals surface area contributed by atoms with Gasteiger partial charge in [0.2, 0.25) is 0 Å². The summed E-state index contributed by atoms with van der Waals surface area (Å²) in [6.45, 7) is 7.33. The Bertz CT molecular complexity index is 573. The molecule has 4 nitrogen and oxygen atoms in total. The van der Waals surface area contributed by atoms with Crippen LogP contribution in [0.2, 0.25) is 0 Å². The minimum Gasteiger partial charge on any atom is -0.382 e. The molecular formula is C20H31N3O. The summed E-state index contributed by atoms with van der Waals surface area (Å²) in [6.07, 6.45) is 10.5. The van der Waals surface area contributed by atoms with Gasteiger partial charge in [0.1, 0.15) is 5.69 Å². The van der Waals surface area contributed by atoms with Crippen molar-refractivity contribution in [1.29, 1.82) is 0 Å². The van der Waals surface area contributed by atoms with Gasteiger partial charge in [-0.05, 0) is 80.6 Å². The number of nitrogens with zero attached hydrogens (tertiary/aromatic N) is 2. The molecule has 1 saturated heterocycles. The van der Waals surface area contributed by atoms with Gasteiger partial charge in [-0.1, -0.05) is 25.7 Å². The van der Waals surface area contributed by atoms with Crippen LogP contribution in [-0.2, 0) is 6.54 Å². The molecule has 2 fully saturated rings. The summed E-state index contributed by atoms with van der Waals surface area (Å²) in [4.78, 5) is 13.8. The minimum absolute atomic E-state index is 0.577. The van der Waals surface area contributed by atoms with Crippen molar-refractivity contribution in [3.05, 3.63) is 27.7 Å². The molecule has 0 unspecified atom stereocenters. The maximum atomic E-state index is 11.3. The topological polar surface area (TPSA) is 44.7 Å². The van der Waals surface area contributed by atoms with Gasteiger partial charge in [0.15, 0.2) is 0 Å². The SMILES string of the molecule is Cc1cc(NC2CCCCC2)c(CN2CCCCC2)c(C)c1N=O. The van der Waals surface area contributed by atoms with Crippen molar-refractivity contribution < 1.29 is 0 Å². The zero-order chi connectivity index (χ0) is 16.9. The first-order valence-corrected chi connectivity index (χ1v) is 9.64. The molecule has 0 atom stereocenters. The normalized spacial score (nSPS) is 20.1. The zero-order valence-corrected chi connectivity index (χ0v) is 15.2. The highest BCUT2D eigenvalue weighted by molar-refractivity contribution is 5.67. The predicted octanol–water partition coefficient (Wildman–Crippen LogP) is 5.43. The van der Waals surface area contributed by atoms with Crippen LogP contribution in [0.1, 0.15) is 68.1 Å². The Kier molecular flexibility index (Phi) is 5.88. The summed E-state index contributed by atoms with van der Waals surface area (Å²) >= 11 is 0. The molecular weight excluding hydrogens is 298 g/mol. The molecule has 1 heterocycles. The van der Waals surface area contributed by atoms with Crippen LogP contribution in [0.5, 0.6) is 0 Å². The zero-order valence-electron chi connectivity index (χ0n) is 15.2. The highest BCUT2D eigenvalue weighted by Crippen LogP contribution is 2.35. The van der Waals surface area contributed by atoms with Gasteiger partial charge in [-0.2, -0.15) is 0 Å². The summed E-state index contributed by atoms with van der Waals surface area (Å²) < 4.78 is 0. The lowest BCUT2D eigenvalue weighted by Crippen LogP contribution is -2.30. The number of hydrogen-bond acceptors (Lipinski definition) is 4. The third-order valence-corrected chi connectivity index (χ3v) is 5.75. The van der Waals surface area contributed by atoms with Crippen molar-refractivity contribution in [3.8, 4) is 0 Å². The first-order valence-electron chi connectivity index (χ1n) is 9.64. The largest absolute Gasteiger partial charge is 0.382 e. The van der Waals surface area contributed by atoms with E-state index in [0.717, 1.165) is 17.7 Å². The third kappa shape index (κ3) is 3.97. The van der Waals surface area contributed by atoms with Crippen LogP contribution in [0, 0.1) is 18.8 Å². The molecule has 1 saturated carbocycles. The van der Waals surface area contributed by atoms with Crippen LogP contribution in [0.25, 0.3) is 0 Å². The van der Waals surface area contributed by atoms with Crippen LogP contribution < -0.4 is 5.32 Å². The maximum absolute atomic E-state index is 11.3. The van der Waals surface area contributed by atoms with Crippen LogP contribution >= 0.6 is 0 Å². The second-order valence-corrected chi connectivity index (χ2v) is 7.60. The van der Waals surface area contributed by atoms with Crippen LogP contribution in [0.4, 0.5) is 11.4 Å². The molecule has 4 heteroatoms. The van der Waals surface area contributed by atoms with E-state index in [1.165, 1.54) is 75.7 Å². The molecule has 2 aliphatic rings. The van der Waals surface area contributed by atoms with Gasteiger partial charge in [-0.15, -0.1) is 4.91 Å². The van der Waals surface area contributed by atoms with Crippen molar-refractivity contribution in [2.24, 2.45) is 5.18 Å². The van der Waals surface area contributed by atoms with Gasteiger partial charge in [-0.3, -0.25) is 4.90 Å². The van der Waals surface area contributed by atoms with Crippen molar-refractivity contribution in [3.63, 3.8) is 0 Å². The van der Waals surface area contributed by atoms with Gasteiger partial charge in [0.25, 0.3) is 0 Å². The lowest BCUT2D eigenvalue weighted by Gasteiger charge is -2.30. The van der Waals surface area contributed by atoms with Gasteiger partial charge in [0.05, 0.1) is 0 Å². The van der Waals surface area contributed by atoms with E-state index in [-0.39, 0.29) is 0 Å². The van der Waals surface area contributed by atoms with Crippen LogP contribution in [0.15, 0.2) is 11.2 Å². The Balaban J connectivity index is 1.87. The molecule has 0 amide bonds. The fraction of sp³-hybridized carbons (Fsp3) is 0.700. The minimum atomic E-state index is 0.577. The number of benzene rings is 1. The molecule has 3 rings (SSSR count). The Morgan fingerprint density at radius 3 is 2.42 bits per heavy atom. The monoisotopic (exact) mass is 329 g/mol. The molecule has 1 aliphatic heterocycles. The number of nitroso groups, excluding NO2 is 1. The number of likely N-dealkylation sites (tertiary alicyclic amines) is 1. The van der Waals surface area contributed by atoms with E-state index in [1.807, 2.05) is 6.92 Å². The highest BCUT2D eigenvalue weighted by atomic mass is 16.3. The number of piperidine rings is 1. The Labute approximate surface area is 146 Å². The molecule has 1 N–H and O–H groups in total. The molecule has 24 heavy (non-hydrogen) atoms. The Morgan fingerprint density at radius 2 is 1.75 bits per heavy atom. The Morgan fingerprint density at radius 1 is 1.08 bits per heavy atom. The summed E-state index contributed by atoms with van der Waals surface area (Å²) in [5, 5.41) is 7.12. The van der Waals surface area contributed by atoms with E-state index < -0.39 is 0 Å². The predicted molar refractivity (Wildman–Crippen MR) is 101 cm³/mol. The summed E-state index contributed by atoms with van der Waals surface area (Å²) in [5.41, 5.74) is 5.20. The number of rotatable bonds is 5. The Hall–Kier alpha value is -1.42. The van der Waals surface area contributed by atoms with E-state index >= 15 is 0 Å². The van der Waals surface area contributed by atoms with Crippen molar-refractivity contribution in [2.45, 2.75) is 77.8 Å². The fourth-order valence-corrected chi connectivity index (χ4v) is 4.29. The standard InChI is InChI=1S/C20H31N3O/c1-15-13-19(21-17-9-5-3-6-10-17)18(16(2)20(15)22-24)14-23-11-7-4-8-12-23/h13,17,21H,3-12,14H2,1-2H3. The summed E-state index contributed by atoms with van der Waals surface area (Å²) in [6, 6.07) is 2.73. The molecule has 1 aliphatic carbocycles. The van der Waals surface area contributed by atoms with Crippen molar-refractivity contribution in [2.75, 3.05) is 18.4 Å². The first kappa shape index (κ1) is 17.4. The van der Waals surface area contributed by atoms with Crippen molar-refractivity contribution in [1.82, 2.24) is 4.90 Å². The quantitative estimate of drug-likeness (QED) is 0.732. The number of aryl methyl sites for hydroxylation is 1. The second kappa shape index (κ2) is 8.11. The van der Waals surface area contributed by atoms with Crippen LogP contribution in [-0.4, -0.2) is 24.0 Å². The fourth-order valence-electron chi connectivity index (χ4n) is 4.29. The molecule has 0 aromatic heterocycles. The van der Waals surface area contributed by atoms with E-state index in [0.29, 0.717) is 11.7 Å². The second-order valence-electron chi connectivity index (χ2n) is 7.60. The molecule has 0 spiro atoms. The molecule has 132 valence electrons. The summed E-state index contributed by atoms with van der Waals surface area (Å²) in [7, 11) is 0. The first-order chi connectivity index (χ1) is 11.7. The number of anilines is 1. The van der Waals surface area contributed by atoms with E-state index in [9.17, 15) is 4.91 Å². The average Bonchev–Trinajstić information content (AvgIpc) is 2.60. The molecule has 1 aromatic carbocycles. The lowest BCUT2D eigenvalue weighted by molar-refractivity contribution is 0.221. The molecule has 0 bridgehead atoms. The van der Waals surface area contributed by atoms with E-state index in [4.69, 9.17) is 0 Å². The summed E-state index contributed by atoms with van der Waals surface area (Å²) in [5.74, 6) is 0. The third-order valence-electron chi connectivity index (χ3n) is 5.75. The molecule has 1 aromatic rings. The number of hydrogen-bond donors (Lipinski definition) is 1. The smallest absolute Gasteiger partial charge is 0.114 e. The maximum Gasteiger partial charge on any atom is 0.114 e. The lowest BCUT2D eigenvalue weighted by atomic mass is 9.93. The molecule has 0 radical (unpaired) electrons. The van der Waals surface area contributed by atoms with E-state index in [1.54, 1.807) is 0 Å². The van der Waals surface area contributed by atoms with Crippen LogP contribution in [0.3, 0.4) is 0 Å². The average molecular weight is 329 g/mol. The number of nitrogens with one attached hydrogen (secondary N) is 1. The van der Waals surface area contributed by atoms with Gasteiger partial charge in [-0.25, -0.2) is 0 Å². The van der Waals surface area contributed by atoms with Gasteiger partial charge >= 0.3 is 0 Å². The van der Waals surface area contributed by atoms with Crippen molar-refractivity contribution >= 4 is 11.4 Å². The van der Waals surface area contributed by atoms with Gasteiger partial charge in [0, 0.05) is 18.3 Å². The highest BCUT2D eigenvalue weighted by Gasteiger charge is 2.21. The van der Waals surface area contributed by atoms with Gasteiger partial charge < -0.3 is 5.32 Å².